The van der Waals surface area contributed by atoms with Crippen molar-refractivity contribution in [1.82, 2.24) is 5.09 Å². The van der Waals surface area contributed by atoms with E-state index >= 15 is 4.39 Å². The molecule has 4 atom stereocenters. The Morgan fingerprint density at radius 1 is 1.16 bits per heavy atom. The van der Waals surface area contributed by atoms with Crippen LogP contribution in [0.4, 0.5) is 4.39 Å². The van der Waals surface area contributed by atoms with Gasteiger partial charge in [0.15, 0.2) is 6.10 Å². The molecule has 0 fully saturated rings. The molecule has 0 aliphatic rings. The molecular formula is C19H28ClFNO8P. The van der Waals surface area contributed by atoms with Crippen LogP contribution in [0.25, 0.3) is 0 Å². The third kappa shape index (κ3) is 9.13. The second-order valence-corrected chi connectivity index (χ2v) is 9.02. The number of halogens is 2. The van der Waals surface area contributed by atoms with Crippen LogP contribution in [0.2, 0.25) is 5.02 Å². The molecule has 2 unspecified atom stereocenters. The van der Waals surface area contributed by atoms with E-state index in [9.17, 15) is 14.2 Å². The molecular weight excluding hydrogens is 456 g/mol. The molecule has 0 aliphatic carbocycles. The summed E-state index contributed by atoms with van der Waals surface area (Å²) in [6.45, 7) is 6.09. The Bertz CT molecular complexity index is 794. The van der Waals surface area contributed by atoms with E-state index in [1.807, 2.05) is 0 Å². The van der Waals surface area contributed by atoms with E-state index in [0.29, 0.717) is 5.02 Å². The first-order valence-corrected chi connectivity index (χ1v) is 11.3. The van der Waals surface area contributed by atoms with E-state index in [2.05, 4.69) is 5.09 Å². The van der Waals surface area contributed by atoms with Gasteiger partial charge in [-0.3, -0.25) is 14.1 Å². The summed E-state index contributed by atoms with van der Waals surface area (Å²) in [5.74, 6) is -4.02. The minimum absolute atomic E-state index is 0.0829. The Hall–Kier alpha value is -1.71. The zero-order valence-electron chi connectivity index (χ0n) is 18.2. The van der Waals surface area contributed by atoms with Gasteiger partial charge in [0.1, 0.15) is 18.4 Å². The lowest BCUT2D eigenvalue weighted by Crippen LogP contribution is -2.45. The number of esters is 2. The standard InChI is InChI=1S/C19H28ClFNO8P/c1-12(2)28-18(24)13(3)22-31(25,30-17-9-7-16(20)8-10-17)27-11-19(21,26-6)14(4)29-15(5)23/h7-10,12-14H,11H2,1-6H3,(H,22,25)/t13?,14-,19+,31?/m0/s1. The van der Waals surface area contributed by atoms with Crippen LogP contribution in [-0.4, -0.2) is 49.8 Å². The molecule has 0 radical (unpaired) electrons. The highest BCUT2D eigenvalue weighted by Gasteiger charge is 2.43. The lowest BCUT2D eigenvalue weighted by Gasteiger charge is -2.31. The van der Waals surface area contributed by atoms with Crippen molar-refractivity contribution in [2.45, 2.75) is 58.7 Å². The molecule has 0 spiro atoms. The number of nitrogens with one attached hydrogen (secondary N) is 1. The monoisotopic (exact) mass is 483 g/mol. The lowest BCUT2D eigenvalue weighted by atomic mass is 10.2. The quantitative estimate of drug-likeness (QED) is 0.348. The maximum Gasteiger partial charge on any atom is 0.459 e. The van der Waals surface area contributed by atoms with Crippen LogP contribution in [0.1, 0.15) is 34.6 Å². The highest BCUT2D eigenvalue weighted by atomic mass is 35.5. The third-order valence-electron chi connectivity index (χ3n) is 3.82. The number of ether oxygens (including phenoxy) is 3. The van der Waals surface area contributed by atoms with Gasteiger partial charge in [-0.2, -0.15) is 5.09 Å². The summed E-state index contributed by atoms with van der Waals surface area (Å²) in [5, 5.41) is 2.82. The van der Waals surface area contributed by atoms with Crippen LogP contribution in [0.5, 0.6) is 5.75 Å². The Balaban J connectivity index is 3.07. The number of carbonyl (C=O) groups is 2. The molecule has 1 rings (SSSR count). The lowest BCUT2D eigenvalue weighted by molar-refractivity contribution is -0.216. The maximum atomic E-state index is 15.1. The molecule has 0 bridgehead atoms. The summed E-state index contributed by atoms with van der Waals surface area (Å²) < 4.78 is 53.8. The summed E-state index contributed by atoms with van der Waals surface area (Å²) in [5.41, 5.74) is 0. The molecule has 0 saturated heterocycles. The highest BCUT2D eigenvalue weighted by molar-refractivity contribution is 7.52. The zero-order valence-corrected chi connectivity index (χ0v) is 19.9. The molecule has 1 N–H and O–H groups in total. The minimum Gasteiger partial charge on any atom is -0.462 e. The van der Waals surface area contributed by atoms with Gasteiger partial charge in [-0.25, -0.2) is 8.96 Å². The number of hydrogen-bond donors (Lipinski definition) is 1. The largest absolute Gasteiger partial charge is 0.462 e. The van der Waals surface area contributed by atoms with Gasteiger partial charge in [0, 0.05) is 19.1 Å². The predicted molar refractivity (Wildman–Crippen MR) is 112 cm³/mol. The van der Waals surface area contributed by atoms with Gasteiger partial charge >= 0.3 is 19.7 Å². The summed E-state index contributed by atoms with van der Waals surface area (Å²) in [7, 11) is -3.32. The number of methoxy groups -OCH3 is 1. The second kappa shape index (κ2) is 11.8. The van der Waals surface area contributed by atoms with Crippen LogP contribution in [0, 0.1) is 0 Å². The summed E-state index contributed by atoms with van der Waals surface area (Å²) in [6.07, 6.45) is -1.80. The molecule has 0 aromatic heterocycles. The van der Waals surface area contributed by atoms with E-state index in [1.165, 1.54) is 38.1 Å². The van der Waals surface area contributed by atoms with E-state index in [0.717, 1.165) is 14.0 Å². The molecule has 12 heteroatoms. The number of hydrogen-bond acceptors (Lipinski definition) is 8. The molecule has 9 nitrogen and oxygen atoms in total. The zero-order chi connectivity index (χ0) is 23.8. The van der Waals surface area contributed by atoms with Gasteiger partial charge in [0.2, 0.25) is 0 Å². The third-order valence-corrected chi connectivity index (χ3v) is 5.69. The molecule has 0 saturated carbocycles. The smallest absolute Gasteiger partial charge is 0.459 e. The molecule has 31 heavy (non-hydrogen) atoms. The first kappa shape index (κ1) is 27.3. The number of rotatable bonds is 12. The highest BCUT2D eigenvalue weighted by Crippen LogP contribution is 2.46. The van der Waals surface area contributed by atoms with Gasteiger partial charge < -0.3 is 18.7 Å². The predicted octanol–water partition coefficient (Wildman–Crippen LogP) is 4.04. The van der Waals surface area contributed by atoms with Gasteiger partial charge in [0.25, 0.3) is 5.85 Å². The fraction of sp³-hybridized carbons (Fsp3) is 0.579. The van der Waals surface area contributed by atoms with Gasteiger partial charge in [-0.15, -0.1) is 0 Å². The van der Waals surface area contributed by atoms with Gasteiger partial charge in [0.05, 0.1) is 6.10 Å². The number of carbonyl (C=O) groups excluding carboxylic acids is 2. The van der Waals surface area contributed by atoms with Crippen LogP contribution in [-0.2, 0) is 32.9 Å². The van der Waals surface area contributed by atoms with Crippen molar-refractivity contribution in [2.24, 2.45) is 0 Å². The minimum atomic E-state index is -4.35. The first-order valence-electron chi connectivity index (χ1n) is 9.39. The van der Waals surface area contributed by atoms with Gasteiger partial charge in [-0.1, -0.05) is 11.6 Å². The molecule has 1 aromatic rings. The molecule has 0 aliphatic heterocycles. The van der Waals surface area contributed by atoms with Crippen molar-refractivity contribution in [3.05, 3.63) is 29.3 Å². The van der Waals surface area contributed by atoms with Gasteiger partial charge in [-0.05, 0) is 52.0 Å². The van der Waals surface area contributed by atoms with Crippen molar-refractivity contribution < 1.29 is 41.8 Å². The average molecular weight is 484 g/mol. The molecule has 176 valence electrons. The first-order chi connectivity index (χ1) is 14.3. The van der Waals surface area contributed by atoms with Crippen molar-refractivity contribution in [3.8, 4) is 5.75 Å². The van der Waals surface area contributed by atoms with Crippen LogP contribution in [0.15, 0.2) is 24.3 Å². The van der Waals surface area contributed by atoms with Crippen LogP contribution in [0.3, 0.4) is 0 Å². The maximum absolute atomic E-state index is 15.1. The SMILES string of the molecule is CO[C@](F)(COP(=O)(NC(C)C(=O)OC(C)C)Oc1ccc(Cl)cc1)[C@H](C)OC(C)=O. The van der Waals surface area contributed by atoms with E-state index in [1.54, 1.807) is 13.8 Å². The van der Waals surface area contributed by atoms with Crippen LogP contribution < -0.4 is 9.61 Å². The van der Waals surface area contributed by atoms with Crippen LogP contribution >= 0.6 is 19.3 Å². The van der Waals surface area contributed by atoms with E-state index in [-0.39, 0.29) is 5.75 Å². The van der Waals surface area contributed by atoms with Crippen molar-refractivity contribution in [2.75, 3.05) is 13.7 Å². The summed E-state index contributed by atoms with van der Waals surface area (Å²) in [6, 6.07) is 4.67. The van der Waals surface area contributed by atoms with Crippen molar-refractivity contribution in [1.29, 1.82) is 0 Å². The molecule has 0 heterocycles. The molecule has 0 amide bonds. The van der Waals surface area contributed by atoms with E-state index in [4.69, 9.17) is 34.9 Å². The fourth-order valence-electron chi connectivity index (χ4n) is 2.20. The summed E-state index contributed by atoms with van der Waals surface area (Å²) in [4.78, 5) is 23.3. The van der Waals surface area contributed by atoms with E-state index < -0.39 is 50.4 Å². The molecule has 1 aromatic carbocycles. The number of alkyl halides is 1. The Kier molecular flexibility index (Phi) is 10.4. The number of benzene rings is 1. The average Bonchev–Trinajstić information content (AvgIpc) is 2.67. The second-order valence-electron chi connectivity index (χ2n) is 6.89. The van der Waals surface area contributed by atoms with Crippen molar-refractivity contribution in [3.63, 3.8) is 0 Å². The topological polar surface area (TPSA) is 109 Å². The van der Waals surface area contributed by atoms with Crippen molar-refractivity contribution >= 4 is 31.3 Å². The fourth-order valence-corrected chi connectivity index (χ4v) is 3.83. The Labute approximate surface area is 186 Å². The normalized spacial score (nSPS) is 17.2. The summed E-state index contributed by atoms with van der Waals surface area (Å²) >= 11 is 5.83. The Morgan fingerprint density at radius 2 is 1.74 bits per heavy atom. The Morgan fingerprint density at radius 3 is 2.23 bits per heavy atom.